The number of nitrogens with one attached hydrogen (secondary N) is 2. The Kier molecular flexibility index (Phi) is 6.06. The molecule has 0 bridgehead atoms. The molecule has 7 nitrogen and oxygen atoms in total. The standard InChI is InChI=1S/C25H22Cl2N4O3/c1-2-34-15-11-9-14(10-12-15)29-25(33)16-13-28-31-23(21-17(26)5-3-6-18(21)27)22-19(30-24(16)31)7-4-8-20(22)32/h3,5-6,9-13,23,30H,2,4,7-8H2,1H3,(H,29,33). The van der Waals surface area contributed by atoms with E-state index in [2.05, 4.69) is 15.7 Å². The van der Waals surface area contributed by atoms with E-state index in [9.17, 15) is 9.59 Å². The van der Waals surface area contributed by atoms with Crippen molar-refractivity contribution in [1.29, 1.82) is 0 Å². The first kappa shape index (κ1) is 22.5. The number of allylic oxidation sites excluding steroid dienone is 2. The van der Waals surface area contributed by atoms with Crippen LogP contribution < -0.4 is 15.4 Å². The minimum atomic E-state index is -0.618. The lowest BCUT2D eigenvalue weighted by Gasteiger charge is -2.34. The fourth-order valence-corrected chi connectivity index (χ4v) is 5.07. The summed E-state index contributed by atoms with van der Waals surface area (Å²) in [6.07, 6.45) is 3.36. The fraction of sp³-hybridized carbons (Fsp3) is 0.240. The number of halogens is 2. The summed E-state index contributed by atoms with van der Waals surface area (Å²) in [5, 5.41) is 11.6. The van der Waals surface area contributed by atoms with E-state index in [-0.39, 0.29) is 11.7 Å². The number of ether oxygens (including phenoxy) is 1. The zero-order valence-electron chi connectivity index (χ0n) is 18.4. The average Bonchev–Trinajstić information content (AvgIpc) is 3.24. The number of fused-ring (bicyclic) bond motifs is 1. The number of ketones is 1. The maximum absolute atomic E-state index is 13.2. The Hall–Kier alpha value is -3.29. The fourth-order valence-electron chi connectivity index (χ4n) is 4.46. The molecule has 0 saturated heterocycles. The minimum absolute atomic E-state index is 0.0243. The van der Waals surface area contributed by atoms with Crippen LogP contribution in [0.25, 0.3) is 0 Å². The van der Waals surface area contributed by atoms with Gasteiger partial charge in [-0.15, -0.1) is 0 Å². The van der Waals surface area contributed by atoms with Crippen molar-refractivity contribution < 1.29 is 14.3 Å². The minimum Gasteiger partial charge on any atom is -0.494 e. The van der Waals surface area contributed by atoms with Crippen LogP contribution in [0, 0.1) is 0 Å². The molecule has 174 valence electrons. The van der Waals surface area contributed by atoms with Gasteiger partial charge in [-0.25, -0.2) is 4.68 Å². The molecule has 1 unspecified atom stereocenters. The zero-order chi connectivity index (χ0) is 23.8. The zero-order valence-corrected chi connectivity index (χ0v) is 19.9. The molecule has 0 spiro atoms. The van der Waals surface area contributed by atoms with Crippen LogP contribution in [0.2, 0.25) is 10.0 Å². The van der Waals surface area contributed by atoms with Crippen LogP contribution >= 0.6 is 23.2 Å². The van der Waals surface area contributed by atoms with Crippen LogP contribution in [0.3, 0.4) is 0 Å². The van der Waals surface area contributed by atoms with Gasteiger partial charge < -0.3 is 15.4 Å². The number of carbonyl (C=O) groups excluding carboxylic acids is 2. The molecule has 0 fully saturated rings. The number of Topliss-reactive ketones (excluding diaryl/α,β-unsaturated/α-hetero) is 1. The van der Waals surface area contributed by atoms with Gasteiger partial charge in [-0.1, -0.05) is 29.3 Å². The molecule has 1 atom stereocenters. The second-order valence-electron chi connectivity index (χ2n) is 8.09. The first-order chi connectivity index (χ1) is 16.5. The number of rotatable bonds is 5. The van der Waals surface area contributed by atoms with E-state index >= 15 is 0 Å². The van der Waals surface area contributed by atoms with Gasteiger partial charge in [-0.05, 0) is 56.2 Å². The normalized spacial score (nSPS) is 17.0. The Labute approximate surface area is 206 Å². The monoisotopic (exact) mass is 496 g/mol. The highest BCUT2D eigenvalue weighted by atomic mass is 35.5. The van der Waals surface area contributed by atoms with Crippen molar-refractivity contribution >= 4 is 46.4 Å². The first-order valence-electron chi connectivity index (χ1n) is 11.1. The number of benzene rings is 2. The van der Waals surface area contributed by atoms with Crippen LogP contribution in [0.1, 0.15) is 48.1 Å². The van der Waals surface area contributed by atoms with Crippen molar-refractivity contribution in [2.75, 3.05) is 17.2 Å². The summed E-state index contributed by atoms with van der Waals surface area (Å²) >= 11 is 13.1. The molecule has 0 saturated carbocycles. The van der Waals surface area contributed by atoms with E-state index in [1.54, 1.807) is 47.1 Å². The summed E-state index contributed by atoms with van der Waals surface area (Å²) < 4.78 is 7.08. The summed E-state index contributed by atoms with van der Waals surface area (Å²) in [7, 11) is 0. The molecule has 1 aromatic heterocycles. The lowest BCUT2D eigenvalue weighted by molar-refractivity contribution is -0.116. The third kappa shape index (κ3) is 3.95. The lowest BCUT2D eigenvalue weighted by atomic mass is 9.85. The van der Waals surface area contributed by atoms with Gasteiger partial charge in [0.1, 0.15) is 23.2 Å². The van der Waals surface area contributed by atoms with E-state index in [1.807, 2.05) is 6.92 Å². The Bertz CT molecular complexity index is 1290. The van der Waals surface area contributed by atoms with Crippen molar-refractivity contribution in [1.82, 2.24) is 9.78 Å². The molecular weight excluding hydrogens is 475 g/mol. The quantitative estimate of drug-likeness (QED) is 0.461. The molecule has 9 heteroatoms. The maximum atomic E-state index is 13.2. The van der Waals surface area contributed by atoms with Gasteiger partial charge in [0.05, 0.1) is 12.8 Å². The summed E-state index contributed by atoms with van der Waals surface area (Å²) in [4.78, 5) is 26.2. The molecular formula is C25H22Cl2N4O3. The second-order valence-corrected chi connectivity index (χ2v) is 8.91. The highest BCUT2D eigenvalue weighted by Crippen LogP contribution is 2.45. The van der Waals surface area contributed by atoms with E-state index in [0.717, 1.165) is 17.9 Å². The van der Waals surface area contributed by atoms with Gasteiger partial charge in [0.25, 0.3) is 5.91 Å². The predicted octanol–water partition coefficient (Wildman–Crippen LogP) is 5.86. The summed E-state index contributed by atoms with van der Waals surface area (Å²) in [5.41, 5.74) is 2.95. The molecule has 2 aliphatic rings. The number of hydrogen-bond donors (Lipinski definition) is 2. The van der Waals surface area contributed by atoms with Gasteiger partial charge in [0.2, 0.25) is 0 Å². The van der Waals surface area contributed by atoms with E-state index < -0.39 is 6.04 Å². The van der Waals surface area contributed by atoms with Crippen molar-refractivity contribution in [3.05, 3.63) is 81.1 Å². The molecule has 5 rings (SSSR count). The molecule has 2 heterocycles. The van der Waals surface area contributed by atoms with Crippen LogP contribution in [-0.4, -0.2) is 28.1 Å². The van der Waals surface area contributed by atoms with Gasteiger partial charge >= 0.3 is 0 Å². The molecule has 2 N–H and O–H groups in total. The smallest absolute Gasteiger partial charge is 0.261 e. The van der Waals surface area contributed by atoms with Gasteiger partial charge in [0.15, 0.2) is 5.78 Å². The SMILES string of the molecule is CCOc1ccc(NC(=O)c2cnn3c2NC2=C(C(=O)CCC2)C3c2c(Cl)cccc2Cl)cc1. The molecule has 34 heavy (non-hydrogen) atoms. The summed E-state index contributed by atoms with van der Waals surface area (Å²) in [6, 6.07) is 11.8. The predicted molar refractivity (Wildman–Crippen MR) is 132 cm³/mol. The van der Waals surface area contributed by atoms with Crippen LogP contribution in [0.4, 0.5) is 11.5 Å². The Morgan fingerprint density at radius 3 is 2.62 bits per heavy atom. The van der Waals surface area contributed by atoms with Crippen molar-refractivity contribution in [3.63, 3.8) is 0 Å². The highest BCUT2D eigenvalue weighted by Gasteiger charge is 2.39. The number of aromatic nitrogens is 2. The van der Waals surface area contributed by atoms with Crippen LogP contribution in [0.15, 0.2) is 59.9 Å². The largest absolute Gasteiger partial charge is 0.494 e. The van der Waals surface area contributed by atoms with Gasteiger partial charge in [0, 0.05) is 39.0 Å². The van der Waals surface area contributed by atoms with E-state index in [1.165, 1.54) is 6.20 Å². The second kappa shape index (κ2) is 9.16. The van der Waals surface area contributed by atoms with Crippen molar-refractivity contribution in [2.24, 2.45) is 0 Å². The van der Waals surface area contributed by atoms with E-state index in [4.69, 9.17) is 27.9 Å². The molecule has 1 amide bonds. The van der Waals surface area contributed by atoms with Gasteiger partial charge in [-0.2, -0.15) is 5.10 Å². The van der Waals surface area contributed by atoms with Gasteiger partial charge in [-0.3, -0.25) is 9.59 Å². The first-order valence-corrected chi connectivity index (χ1v) is 11.8. The molecule has 2 aromatic carbocycles. The molecule has 0 radical (unpaired) electrons. The third-order valence-electron chi connectivity index (χ3n) is 5.98. The molecule has 1 aliphatic carbocycles. The Morgan fingerprint density at radius 2 is 1.91 bits per heavy atom. The van der Waals surface area contributed by atoms with Crippen molar-refractivity contribution in [2.45, 2.75) is 32.2 Å². The number of anilines is 2. The van der Waals surface area contributed by atoms with Crippen LogP contribution in [0.5, 0.6) is 5.75 Å². The molecule has 1 aliphatic heterocycles. The third-order valence-corrected chi connectivity index (χ3v) is 6.64. The number of carbonyl (C=O) groups is 2. The highest BCUT2D eigenvalue weighted by molar-refractivity contribution is 6.36. The van der Waals surface area contributed by atoms with Crippen LogP contribution in [-0.2, 0) is 4.79 Å². The Balaban J connectivity index is 1.54. The Morgan fingerprint density at radius 1 is 1.18 bits per heavy atom. The topological polar surface area (TPSA) is 85.2 Å². The van der Waals surface area contributed by atoms with E-state index in [0.29, 0.717) is 57.7 Å². The average molecular weight is 497 g/mol. The lowest BCUT2D eigenvalue weighted by Crippen LogP contribution is -2.32. The number of hydrogen-bond acceptors (Lipinski definition) is 5. The van der Waals surface area contributed by atoms with Crippen molar-refractivity contribution in [3.8, 4) is 5.75 Å². The molecule has 3 aromatic rings. The maximum Gasteiger partial charge on any atom is 0.261 e. The summed E-state index contributed by atoms with van der Waals surface area (Å²) in [5.74, 6) is 0.924. The number of nitrogens with zero attached hydrogens (tertiary/aromatic N) is 2. The summed E-state index contributed by atoms with van der Waals surface area (Å²) in [6.45, 7) is 2.48. The number of amides is 1.